The van der Waals surface area contributed by atoms with E-state index in [2.05, 4.69) is 5.10 Å². The molecule has 19 heavy (non-hydrogen) atoms. The summed E-state index contributed by atoms with van der Waals surface area (Å²) in [5.41, 5.74) is 0.372. The Balaban J connectivity index is 2.46. The Morgan fingerprint density at radius 1 is 1.42 bits per heavy atom. The molecule has 0 amide bonds. The lowest BCUT2D eigenvalue weighted by Gasteiger charge is -2.05. The van der Waals surface area contributed by atoms with Gasteiger partial charge in [0.05, 0.1) is 5.69 Å². The number of halogens is 2. The van der Waals surface area contributed by atoms with Gasteiger partial charge in [0.15, 0.2) is 0 Å². The van der Waals surface area contributed by atoms with Crippen LogP contribution >= 0.6 is 11.8 Å². The Morgan fingerprint density at radius 2 is 2.11 bits per heavy atom. The highest BCUT2D eigenvalue weighted by Gasteiger charge is 2.21. The van der Waals surface area contributed by atoms with Gasteiger partial charge in [-0.3, -0.25) is 4.68 Å². The quantitative estimate of drug-likeness (QED) is 0.941. The van der Waals surface area contributed by atoms with Crippen LogP contribution < -0.4 is 0 Å². The molecule has 0 unspecified atom stereocenters. The van der Waals surface area contributed by atoms with E-state index in [1.165, 1.54) is 10.7 Å². The molecular formula is C12H10F2N2O2S. The highest BCUT2D eigenvalue weighted by atomic mass is 32.2. The van der Waals surface area contributed by atoms with Gasteiger partial charge in [0.2, 0.25) is 0 Å². The van der Waals surface area contributed by atoms with Crippen LogP contribution in [0.3, 0.4) is 0 Å². The molecule has 0 saturated heterocycles. The number of aromatic carboxylic acids is 1. The fraction of sp³-hybridized carbons (Fsp3) is 0.167. The van der Waals surface area contributed by atoms with Gasteiger partial charge in [0.1, 0.15) is 22.2 Å². The zero-order valence-corrected chi connectivity index (χ0v) is 11.0. The summed E-state index contributed by atoms with van der Waals surface area (Å²) in [7, 11) is 1.57. The second-order valence-corrected chi connectivity index (χ2v) is 4.90. The largest absolute Gasteiger partial charge is 0.478 e. The number of hydrogen-bond acceptors (Lipinski definition) is 3. The van der Waals surface area contributed by atoms with Gasteiger partial charge in [-0.15, -0.1) is 0 Å². The molecule has 100 valence electrons. The van der Waals surface area contributed by atoms with Crippen LogP contribution in [0, 0.1) is 18.6 Å². The molecule has 0 aliphatic carbocycles. The normalized spacial score (nSPS) is 10.7. The summed E-state index contributed by atoms with van der Waals surface area (Å²) in [4.78, 5) is 11.3. The molecule has 0 saturated carbocycles. The summed E-state index contributed by atoms with van der Waals surface area (Å²) in [5, 5.41) is 13.4. The number of aromatic nitrogens is 2. The van der Waals surface area contributed by atoms with Gasteiger partial charge < -0.3 is 5.11 Å². The zero-order chi connectivity index (χ0) is 14.2. The molecule has 0 aliphatic rings. The average Bonchev–Trinajstić information content (AvgIpc) is 2.57. The molecular weight excluding hydrogens is 274 g/mol. The lowest BCUT2D eigenvalue weighted by molar-refractivity contribution is 0.0692. The predicted octanol–water partition coefficient (Wildman–Crippen LogP) is 2.86. The topological polar surface area (TPSA) is 55.1 Å². The molecule has 1 aromatic carbocycles. The molecule has 2 rings (SSSR count). The minimum Gasteiger partial charge on any atom is -0.478 e. The van der Waals surface area contributed by atoms with E-state index in [1.807, 2.05) is 0 Å². The first-order valence-corrected chi connectivity index (χ1v) is 6.11. The molecule has 7 heteroatoms. The van der Waals surface area contributed by atoms with Crippen LogP contribution in [0.2, 0.25) is 0 Å². The number of aryl methyl sites for hydroxylation is 2. The van der Waals surface area contributed by atoms with Crippen LogP contribution in [-0.2, 0) is 7.05 Å². The number of benzene rings is 1. The summed E-state index contributed by atoms with van der Waals surface area (Å²) < 4.78 is 27.8. The summed E-state index contributed by atoms with van der Waals surface area (Å²) >= 11 is 0.903. The molecule has 2 aromatic rings. The molecule has 0 radical (unpaired) electrons. The van der Waals surface area contributed by atoms with E-state index in [-0.39, 0.29) is 10.5 Å². The third-order valence-electron chi connectivity index (χ3n) is 2.48. The first-order chi connectivity index (χ1) is 8.90. The van der Waals surface area contributed by atoms with Crippen LogP contribution in [0.25, 0.3) is 0 Å². The van der Waals surface area contributed by atoms with E-state index in [0.29, 0.717) is 10.7 Å². The monoisotopic (exact) mass is 284 g/mol. The van der Waals surface area contributed by atoms with Crippen molar-refractivity contribution in [3.05, 3.63) is 41.1 Å². The Labute approximate surface area is 112 Å². The Kier molecular flexibility index (Phi) is 3.57. The van der Waals surface area contributed by atoms with Crippen molar-refractivity contribution < 1.29 is 18.7 Å². The van der Waals surface area contributed by atoms with E-state index >= 15 is 0 Å². The van der Waals surface area contributed by atoms with Crippen LogP contribution in [0.1, 0.15) is 16.1 Å². The molecule has 1 heterocycles. The Bertz CT molecular complexity index is 655. The summed E-state index contributed by atoms with van der Waals surface area (Å²) in [6.07, 6.45) is 0. The highest BCUT2D eigenvalue weighted by Crippen LogP contribution is 2.33. The van der Waals surface area contributed by atoms with Crippen LogP contribution in [0.4, 0.5) is 8.78 Å². The van der Waals surface area contributed by atoms with Crippen molar-refractivity contribution in [1.82, 2.24) is 9.78 Å². The molecule has 0 atom stereocenters. The van der Waals surface area contributed by atoms with Crippen molar-refractivity contribution >= 4 is 17.7 Å². The fourth-order valence-electron chi connectivity index (χ4n) is 1.66. The number of carbonyl (C=O) groups is 1. The second kappa shape index (κ2) is 5.00. The lowest BCUT2D eigenvalue weighted by atomic mass is 10.3. The number of carboxylic acids is 1. The highest BCUT2D eigenvalue weighted by molar-refractivity contribution is 7.99. The fourth-order valence-corrected chi connectivity index (χ4v) is 2.67. The standard InChI is InChI=1S/C12H10F2N2O2S/c1-6-10(12(17)18)11(16(2)15-6)19-9-4-3-7(13)5-8(9)14/h3-5H,1-2H3,(H,17,18). The maximum atomic E-state index is 13.6. The van der Waals surface area contributed by atoms with E-state index < -0.39 is 17.6 Å². The third-order valence-corrected chi connectivity index (χ3v) is 3.70. The number of nitrogens with zero attached hydrogens (tertiary/aromatic N) is 2. The first kappa shape index (κ1) is 13.5. The number of rotatable bonds is 3. The van der Waals surface area contributed by atoms with E-state index in [4.69, 9.17) is 5.11 Å². The lowest BCUT2D eigenvalue weighted by Crippen LogP contribution is -2.00. The van der Waals surface area contributed by atoms with E-state index in [0.717, 1.165) is 23.9 Å². The molecule has 4 nitrogen and oxygen atoms in total. The SMILES string of the molecule is Cc1nn(C)c(Sc2ccc(F)cc2F)c1C(=O)O. The molecule has 0 bridgehead atoms. The molecule has 0 aliphatic heterocycles. The maximum absolute atomic E-state index is 13.6. The minimum absolute atomic E-state index is 0.0243. The average molecular weight is 284 g/mol. The van der Waals surface area contributed by atoms with Gasteiger partial charge >= 0.3 is 5.97 Å². The Morgan fingerprint density at radius 3 is 2.68 bits per heavy atom. The minimum atomic E-state index is -1.13. The van der Waals surface area contributed by atoms with Gasteiger partial charge in [-0.1, -0.05) is 11.8 Å². The summed E-state index contributed by atoms with van der Waals surface area (Å²) in [6.45, 7) is 1.56. The molecule has 1 N–H and O–H groups in total. The first-order valence-electron chi connectivity index (χ1n) is 5.30. The predicted molar refractivity (Wildman–Crippen MR) is 65.4 cm³/mol. The number of carboxylic acid groups (broad SMARTS) is 1. The Hall–Kier alpha value is -1.89. The van der Waals surface area contributed by atoms with Gasteiger partial charge in [0, 0.05) is 18.0 Å². The van der Waals surface area contributed by atoms with Crippen molar-refractivity contribution in [3.8, 4) is 0 Å². The summed E-state index contributed by atoms with van der Waals surface area (Å²) in [6, 6.07) is 3.14. The maximum Gasteiger partial charge on any atom is 0.340 e. The molecule has 0 spiro atoms. The smallest absolute Gasteiger partial charge is 0.340 e. The van der Waals surface area contributed by atoms with Crippen LogP contribution in [0.15, 0.2) is 28.1 Å². The van der Waals surface area contributed by atoms with Crippen molar-refractivity contribution in [1.29, 1.82) is 0 Å². The van der Waals surface area contributed by atoms with Gasteiger partial charge in [-0.25, -0.2) is 13.6 Å². The molecule has 1 aromatic heterocycles. The van der Waals surface area contributed by atoms with Crippen molar-refractivity contribution in [3.63, 3.8) is 0 Å². The second-order valence-electron chi connectivity index (χ2n) is 3.87. The van der Waals surface area contributed by atoms with E-state index in [1.54, 1.807) is 14.0 Å². The van der Waals surface area contributed by atoms with Gasteiger partial charge in [-0.05, 0) is 19.1 Å². The van der Waals surface area contributed by atoms with E-state index in [9.17, 15) is 13.6 Å². The van der Waals surface area contributed by atoms with Crippen LogP contribution in [0.5, 0.6) is 0 Å². The zero-order valence-electron chi connectivity index (χ0n) is 10.1. The number of hydrogen-bond donors (Lipinski definition) is 1. The van der Waals surface area contributed by atoms with Crippen molar-refractivity contribution in [2.24, 2.45) is 7.05 Å². The van der Waals surface area contributed by atoms with Crippen molar-refractivity contribution in [2.45, 2.75) is 16.8 Å². The van der Waals surface area contributed by atoms with Gasteiger partial charge in [0.25, 0.3) is 0 Å². The third kappa shape index (κ3) is 2.60. The summed E-state index contributed by atoms with van der Waals surface area (Å²) in [5.74, 6) is -2.54. The molecule has 0 fully saturated rings. The van der Waals surface area contributed by atoms with Crippen LogP contribution in [-0.4, -0.2) is 20.9 Å². The van der Waals surface area contributed by atoms with Gasteiger partial charge in [-0.2, -0.15) is 5.10 Å². The van der Waals surface area contributed by atoms with Crippen molar-refractivity contribution in [2.75, 3.05) is 0 Å².